The molecule has 0 aromatic rings. The van der Waals surface area contributed by atoms with Crippen molar-refractivity contribution < 1.29 is 0 Å². The van der Waals surface area contributed by atoms with Gasteiger partial charge >= 0.3 is 0 Å². The second kappa shape index (κ2) is 10.7. The van der Waals surface area contributed by atoms with E-state index in [0.717, 1.165) is 31.6 Å². The molecule has 0 radical (unpaired) electrons. The average Bonchev–Trinajstić information content (AvgIpc) is 3.20. The Morgan fingerprint density at radius 3 is 2.40 bits per heavy atom. The molecule has 120 valence electrons. The minimum atomic E-state index is 0. The highest BCUT2D eigenvalue weighted by Crippen LogP contribution is 2.27. The predicted octanol–water partition coefficient (Wildman–Crippen LogP) is 2.78. The maximum Gasteiger partial charge on any atom is 0.193 e. The van der Waals surface area contributed by atoms with E-state index in [1.807, 2.05) is 7.05 Å². The summed E-state index contributed by atoms with van der Waals surface area (Å²) in [7, 11) is 3.98. The molecule has 1 saturated carbocycles. The van der Waals surface area contributed by atoms with Crippen LogP contribution in [0.3, 0.4) is 0 Å². The van der Waals surface area contributed by atoms with Crippen LogP contribution in [-0.4, -0.2) is 61.6 Å². The highest BCUT2D eigenvalue weighted by atomic mass is 127. The highest BCUT2D eigenvalue weighted by molar-refractivity contribution is 14.0. The number of hydrogen-bond donors (Lipinski definition) is 1. The molecule has 0 spiro atoms. The topological polar surface area (TPSA) is 30.9 Å². The number of halogens is 1. The Labute approximate surface area is 142 Å². The number of nitrogens with zero attached hydrogens (tertiary/aromatic N) is 3. The molecule has 0 aliphatic heterocycles. The van der Waals surface area contributed by atoms with Crippen LogP contribution in [0.5, 0.6) is 0 Å². The molecule has 0 aromatic carbocycles. The van der Waals surface area contributed by atoms with Crippen molar-refractivity contribution in [2.75, 3.05) is 33.7 Å². The summed E-state index contributed by atoms with van der Waals surface area (Å²) < 4.78 is 0. The first-order valence-corrected chi connectivity index (χ1v) is 7.77. The lowest BCUT2D eigenvalue weighted by Crippen LogP contribution is -2.44. The van der Waals surface area contributed by atoms with E-state index < -0.39 is 0 Å². The Morgan fingerprint density at radius 2 is 1.95 bits per heavy atom. The largest absolute Gasteiger partial charge is 0.355 e. The van der Waals surface area contributed by atoms with Gasteiger partial charge < -0.3 is 10.2 Å². The van der Waals surface area contributed by atoms with Crippen LogP contribution in [0.1, 0.15) is 46.5 Å². The molecule has 0 atom stereocenters. The van der Waals surface area contributed by atoms with E-state index >= 15 is 0 Å². The van der Waals surface area contributed by atoms with Crippen LogP contribution >= 0.6 is 24.0 Å². The molecule has 1 rings (SSSR count). The van der Waals surface area contributed by atoms with Crippen LogP contribution in [0, 0.1) is 0 Å². The lowest BCUT2D eigenvalue weighted by Gasteiger charge is -2.28. The number of aliphatic imine (C=N–C) groups is 1. The molecule has 1 N–H and O–H groups in total. The summed E-state index contributed by atoms with van der Waals surface area (Å²) in [5.41, 5.74) is 0. The number of nitrogens with one attached hydrogen (secondary N) is 1. The second-order valence-corrected chi connectivity index (χ2v) is 5.81. The first-order chi connectivity index (χ1) is 9.10. The van der Waals surface area contributed by atoms with E-state index in [9.17, 15) is 0 Å². The fourth-order valence-corrected chi connectivity index (χ4v) is 2.45. The van der Waals surface area contributed by atoms with Crippen molar-refractivity contribution in [1.29, 1.82) is 0 Å². The normalized spacial score (nSPS) is 15.4. The molecule has 0 saturated heterocycles. The van der Waals surface area contributed by atoms with Crippen molar-refractivity contribution in [3.05, 3.63) is 0 Å². The fourth-order valence-electron chi connectivity index (χ4n) is 2.45. The van der Waals surface area contributed by atoms with Gasteiger partial charge in [0.1, 0.15) is 0 Å². The van der Waals surface area contributed by atoms with Crippen LogP contribution < -0.4 is 5.32 Å². The summed E-state index contributed by atoms with van der Waals surface area (Å²) >= 11 is 0. The van der Waals surface area contributed by atoms with E-state index in [4.69, 9.17) is 0 Å². The quantitative estimate of drug-likeness (QED) is 0.389. The number of hydrogen-bond acceptors (Lipinski definition) is 2. The summed E-state index contributed by atoms with van der Waals surface area (Å²) in [6.07, 6.45) is 5.20. The number of rotatable bonds is 8. The van der Waals surface area contributed by atoms with E-state index in [2.05, 4.69) is 47.9 Å². The molecule has 1 aliphatic rings. The molecule has 0 heterocycles. The van der Waals surface area contributed by atoms with Gasteiger partial charge in [0.15, 0.2) is 5.96 Å². The van der Waals surface area contributed by atoms with Crippen LogP contribution in [0.4, 0.5) is 0 Å². The standard InChI is InChI=1S/C15H32N4.HI/c1-6-7-11-18(5)15(16-4)17-10-12-19(13(2)3)14-8-9-14;/h13-14H,6-12H2,1-5H3,(H,16,17);1H. The van der Waals surface area contributed by atoms with Gasteiger partial charge in [0.25, 0.3) is 0 Å². The Morgan fingerprint density at radius 1 is 1.30 bits per heavy atom. The van der Waals surface area contributed by atoms with Gasteiger partial charge in [-0.2, -0.15) is 0 Å². The van der Waals surface area contributed by atoms with E-state index in [1.54, 1.807) is 0 Å². The van der Waals surface area contributed by atoms with Crippen molar-refractivity contribution in [2.24, 2.45) is 4.99 Å². The molecule has 0 unspecified atom stereocenters. The van der Waals surface area contributed by atoms with Crippen LogP contribution in [0.25, 0.3) is 0 Å². The summed E-state index contributed by atoms with van der Waals surface area (Å²) in [6, 6.07) is 1.48. The molecule has 1 aliphatic carbocycles. The van der Waals surface area contributed by atoms with Gasteiger partial charge in [-0.1, -0.05) is 13.3 Å². The summed E-state index contributed by atoms with van der Waals surface area (Å²) in [4.78, 5) is 9.18. The second-order valence-electron chi connectivity index (χ2n) is 5.81. The lowest BCUT2D eigenvalue weighted by molar-refractivity contribution is 0.214. The van der Waals surface area contributed by atoms with Gasteiger partial charge in [-0.25, -0.2) is 0 Å². The zero-order chi connectivity index (χ0) is 14.3. The van der Waals surface area contributed by atoms with Crippen molar-refractivity contribution in [3.63, 3.8) is 0 Å². The molecule has 0 aromatic heterocycles. The van der Waals surface area contributed by atoms with Crippen LogP contribution in [-0.2, 0) is 0 Å². The van der Waals surface area contributed by atoms with Gasteiger partial charge in [0.2, 0.25) is 0 Å². The number of guanidine groups is 1. The number of unbranched alkanes of at least 4 members (excludes halogenated alkanes) is 1. The Bertz CT molecular complexity index is 275. The predicted molar refractivity (Wildman–Crippen MR) is 99.2 cm³/mol. The minimum Gasteiger partial charge on any atom is -0.355 e. The van der Waals surface area contributed by atoms with E-state index in [-0.39, 0.29) is 24.0 Å². The molecule has 1 fully saturated rings. The summed E-state index contributed by atoms with van der Waals surface area (Å²) in [5.74, 6) is 1.02. The molecule has 20 heavy (non-hydrogen) atoms. The summed E-state index contributed by atoms with van der Waals surface area (Å²) in [5, 5.41) is 3.48. The molecule has 5 heteroatoms. The molecule has 0 bridgehead atoms. The van der Waals surface area contributed by atoms with Crippen molar-refractivity contribution in [1.82, 2.24) is 15.1 Å². The average molecular weight is 396 g/mol. The maximum atomic E-state index is 4.36. The highest BCUT2D eigenvalue weighted by Gasteiger charge is 2.30. The first-order valence-electron chi connectivity index (χ1n) is 7.77. The third-order valence-electron chi connectivity index (χ3n) is 3.75. The Kier molecular flexibility index (Phi) is 10.6. The van der Waals surface area contributed by atoms with Gasteiger partial charge in [-0.05, 0) is 33.1 Å². The van der Waals surface area contributed by atoms with Crippen LogP contribution in [0.2, 0.25) is 0 Å². The van der Waals surface area contributed by atoms with E-state index in [0.29, 0.717) is 6.04 Å². The van der Waals surface area contributed by atoms with Gasteiger partial charge in [0, 0.05) is 45.8 Å². The third kappa shape index (κ3) is 7.11. The van der Waals surface area contributed by atoms with Gasteiger partial charge in [-0.3, -0.25) is 9.89 Å². The third-order valence-corrected chi connectivity index (χ3v) is 3.75. The van der Waals surface area contributed by atoms with Gasteiger partial charge in [-0.15, -0.1) is 24.0 Å². The SMILES string of the molecule is CCCCN(C)C(=NC)NCCN(C(C)C)C1CC1.I. The van der Waals surface area contributed by atoms with Crippen molar-refractivity contribution >= 4 is 29.9 Å². The minimum absolute atomic E-state index is 0. The zero-order valence-corrected chi connectivity index (χ0v) is 16.2. The van der Waals surface area contributed by atoms with Crippen LogP contribution in [0.15, 0.2) is 4.99 Å². The first kappa shape index (κ1) is 20.0. The Hall–Kier alpha value is -0.0400. The van der Waals surface area contributed by atoms with Gasteiger partial charge in [0.05, 0.1) is 0 Å². The smallest absolute Gasteiger partial charge is 0.193 e. The Balaban J connectivity index is 0.00000361. The molecule has 4 nitrogen and oxygen atoms in total. The summed E-state index contributed by atoms with van der Waals surface area (Å²) in [6.45, 7) is 9.98. The maximum absolute atomic E-state index is 4.36. The molecular weight excluding hydrogens is 363 g/mol. The zero-order valence-electron chi connectivity index (χ0n) is 13.9. The van der Waals surface area contributed by atoms with E-state index in [1.165, 1.54) is 25.7 Å². The fraction of sp³-hybridized carbons (Fsp3) is 0.933. The van der Waals surface area contributed by atoms with Crippen molar-refractivity contribution in [2.45, 2.75) is 58.5 Å². The molecular formula is C15H33IN4. The van der Waals surface area contributed by atoms with Crippen molar-refractivity contribution in [3.8, 4) is 0 Å². The lowest BCUT2D eigenvalue weighted by atomic mass is 10.3. The monoisotopic (exact) mass is 396 g/mol. The molecule has 0 amide bonds.